The number of hydrogen-bond acceptors (Lipinski definition) is 2. The smallest absolute Gasteiger partial charge is 0.284 e. The van der Waals surface area contributed by atoms with Crippen molar-refractivity contribution >= 4 is 21.3 Å². The zero-order valence-electron chi connectivity index (χ0n) is 6.18. The molecule has 1 aliphatic rings. The van der Waals surface area contributed by atoms with Crippen molar-refractivity contribution in [2.45, 2.75) is 13.8 Å². The molecular formula is C6H12N2OS. The molecule has 0 saturated carbocycles. The monoisotopic (exact) mass is 160 g/mol. The highest BCUT2D eigenvalue weighted by Gasteiger charge is 2.23. The number of nitrogens with one attached hydrogen (secondary N) is 1. The summed E-state index contributed by atoms with van der Waals surface area (Å²) in [6.45, 7) is 5.00. The second-order valence-electron chi connectivity index (χ2n) is 3.08. The van der Waals surface area contributed by atoms with Crippen LogP contribution >= 0.6 is 10.7 Å². The Morgan fingerprint density at radius 2 is 2.40 bits per heavy atom. The lowest BCUT2D eigenvalue weighted by atomic mass is 9.98. The maximum absolute atomic E-state index is 10.6. The summed E-state index contributed by atoms with van der Waals surface area (Å²) in [5.74, 6) is 0. The van der Waals surface area contributed by atoms with E-state index in [4.69, 9.17) is 5.73 Å². The van der Waals surface area contributed by atoms with Crippen molar-refractivity contribution < 1.29 is 4.79 Å². The predicted molar refractivity (Wildman–Crippen MR) is 45.0 cm³/mol. The molecule has 0 fully saturated rings. The van der Waals surface area contributed by atoms with Crippen LogP contribution in [0.1, 0.15) is 13.8 Å². The molecule has 1 unspecified atom stereocenters. The second-order valence-corrected chi connectivity index (χ2v) is 4.69. The minimum absolute atomic E-state index is 0.123. The van der Waals surface area contributed by atoms with Crippen LogP contribution in [0, 0.1) is 5.41 Å². The number of rotatable bonds is 0. The zero-order valence-corrected chi connectivity index (χ0v) is 6.99. The fourth-order valence-electron chi connectivity index (χ4n) is 0.795. The predicted octanol–water partition coefficient (Wildman–Crippen LogP) is 0.681. The Kier molecular flexibility index (Phi) is 1.83. The minimum Gasteiger partial charge on any atom is -0.360 e. The largest absolute Gasteiger partial charge is 0.360 e. The summed E-state index contributed by atoms with van der Waals surface area (Å²) in [5, 5.41) is 1.72. The lowest BCUT2D eigenvalue weighted by molar-refractivity contribution is 0.267. The van der Waals surface area contributed by atoms with Gasteiger partial charge in [0.2, 0.25) is 0 Å². The molecule has 1 rings (SSSR count). The molecule has 0 aromatic rings. The molecule has 3 nitrogen and oxygen atoms in total. The van der Waals surface area contributed by atoms with E-state index < -0.39 is 10.7 Å². The Morgan fingerprint density at radius 3 is 2.60 bits per heavy atom. The minimum atomic E-state index is -0.485. The molecule has 58 valence electrons. The lowest BCUT2D eigenvalue weighted by Crippen LogP contribution is -2.19. The summed E-state index contributed by atoms with van der Waals surface area (Å²) < 4.78 is 3.04. The Labute approximate surface area is 63.0 Å². The Balaban J connectivity index is 2.76. The number of amides is 1. The van der Waals surface area contributed by atoms with Gasteiger partial charge < -0.3 is 5.73 Å². The van der Waals surface area contributed by atoms with E-state index in [2.05, 4.69) is 18.6 Å². The first-order valence-electron chi connectivity index (χ1n) is 3.13. The van der Waals surface area contributed by atoms with Crippen LogP contribution in [0.25, 0.3) is 0 Å². The number of carbonyl (C=O) groups is 1. The van der Waals surface area contributed by atoms with Gasteiger partial charge in [-0.25, -0.2) is 0 Å². The second kappa shape index (κ2) is 2.36. The summed E-state index contributed by atoms with van der Waals surface area (Å²) in [6.07, 6.45) is 0. The van der Waals surface area contributed by atoms with E-state index >= 15 is 0 Å². The summed E-state index contributed by atoms with van der Waals surface area (Å²) in [5.41, 5.74) is 5.22. The molecule has 4 heteroatoms. The average molecular weight is 160 g/mol. The number of primary amides is 1. The highest BCUT2D eigenvalue weighted by atomic mass is 32.2. The van der Waals surface area contributed by atoms with Crippen molar-refractivity contribution in [3.8, 4) is 0 Å². The van der Waals surface area contributed by atoms with Crippen LogP contribution in [0.5, 0.6) is 0 Å². The Bertz CT molecular complexity index is 198. The summed E-state index contributed by atoms with van der Waals surface area (Å²) in [4.78, 5) is 10.6. The van der Waals surface area contributed by atoms with Crippen molar-refractivity contribution in [1.29, 1.82) is 0 Å². The molecule has 10 heavy (non-hydrogen) atoms. The molecule has 0 radical (unpaired) electrons. The number of hydrogen-bond donors (Lipinski definition) is 2. The van der Waals surface area contributed by atoms with Gasteiger partial charge in [0, 0.05) is 12.0 Å². The quantitative estimate of drug-likeness (QED) is 0.512. The zero-order chi connectivity index (χ0) is 7.78. The van der Waals surface area contributed by atoms with E-state index in [1.807, 2.05) is 5.37 Å². The van der Waals surface area contributed by atoms with Crippen molar-refractivity contribution in [2.75, 3.05) is 6.54 Å². The van der Waals surface area contributed by atoms with Gasteiger partial charge in [0.15, 0.2) is 0 Å². The molecule has 1 aliphatic heterocycles. The molecule has 0 aromatic carbocycles. The van der Waals surface area contributed by atoms with Crippen LogP contribution in [-0.4, -0.2) is 17.2 Å². The molecule has 0 aromatic heterocycles. The third kappa shape index (κ3) is 1.58. The van der Waals surface area contributed by atoms with Gasteiger partial charge in [-0.2, -0.15) is 0 Å². The van der Waals surface area contributed by atoms with Crippen LogP contribution in [0.4, 0.5) is 4.79 Å². The topological polar surface area (TPSA) is 55.1 Å². The molecule has 3 N–H and O–H groups in total. The van der Waals surface area contributed by atoms with Crippen LogP contribution in [-0.2, 0) is 0 Å². The first-order valence-corrected chi connectivity index (χ1v) is 4.42. The lowest BCUT2D eigenvalue weighted by Gasteiger charge is -2.10. The summed E-state index contributed by atoms with van der Waals surface area (Å²) in [7, 11) is -0.485. The number of carbonyl (C=O) groups excluding carboxylic acids is 1. The van der Waals surface area contributed by atoms with Crippen molar-refractivity contribution in [3.63, 3.8) is 0 Å². The van der Waals surface area contributed by atoms with Crippen LogP contribution in [0.15, 0.2) is 0 Å². The van der Waals surface area contributed by atoms with Gasteiger partial charge in [0.05, 0.1) is 0 Å². The van der Waals surface area contributed by atoms with Gasteiger partial charge >= 0.3 is 0 Å². The maximum Gasteiger partial charge on any atom is 0.284 e. The highest BCUT2D eigenvalue weighted by Crippen LogP contribution is 2.24. The molecular weight excluding hydrogens is 148 g/mol. The molecule has 0 aliphatic carbocycles. The molecule has 1 amide bonds. The van der Waals surface area contributed by atoms with Gasteiger partial charge in [-0.15, -0.1) is 0 Å². The van der Waals surface area contributed by atoms with Gasteiger partial charge in [0.25, 0.3) is 5.24 Å². The third-order valence-electron chi connectivity index (χ3n) is 1.34. The summed E-state index contributed by atoms with van der Waals surface area (Å²) in [6, 6.07) is 0. The van der Waals surface area contributed by atoms with E-state index in [0.29, 0.717) is 0 Å². The van der Waals surface area contributed by atoms with Gasteiger partial charge in [-0.3, -0.25) is 9.52 Å². The van der Waals surface area contributed by atoms with Crippen molar-refractivity contribution in [1.82, 2.24) is 4.72 Å². The molecule has 1 atom stereocenters. The normalized spacial score (nSPS) is 29.6. The third-order valence-corrected chi connectivity index (χ3v) is 3.10. The molecule has 0 spiro atoms. The molecule has 0 saturated heterocycles. The van der Waals surface area contributed by atoms with Crippen LogP contribution in [0.2, 0.25) is 0 Å². The fourth-order valence-corrected chi connectivity index (χ4v) is 2.39. The van der Waals surface area contributed by atoms with Gasteiger partial charge in [0.1, 0.15) is 0 Å². The van der Waals surface area contributed by atoms with Crippen LogP contribution < -0.4 is 10.5 Å². The Morgan fingerprint density at radius 1 is 1.80 bits per heavy atom. The SMILES string of the molecule is CC1(C)C=S(C(N)=O)NC1. The average Bonchev–Trinajstić information content (AvgIpc) is 2.10. The number of nitrogens with two attached hydrogens (primary N) is 1. The van der Waals surface area contributed by atoms with Crippen molar-refractivity contribution in [3.05, 3.63) is 0 Å². The summed E-state index contributed by atoms with van der Waals surface area (Å²) >= 11 is 0. The van der Waals surface area contributed by atoms with Crippen molar-refractivity contribution in [2.24, 2.45) is 11.1 Å². The standard InChI is InChI=1S/C6H12N2OS/c1-6(2)3-8-10(4-6)5(7)9/h4,8H,3H2,1-2H3,(H2,7,9). The van der Waals surface area contributed by atoms with E-state index in [0.717, 1.165) is 6.54 Å². The van der Waals surface area contributed by atoms with E-state index in [-0.39, 0.29) is 10.7 Å². The van der Waals surface area contributed by atoms with Gasteiger partial charge in [-0.1, -0.05) is 13.8 Å². The van der Waals surface area contributed by atoms with E-state index in [1.165, 1.54) is 0 Å². The first-order chi connectivity index (χ1) is 4.51. The highest BCUT2D eigenvalue weighted by molar-refractivity contribution is 8.26. The maximum atomic E-state index is 10.6. The molecule has 1 heterocycles. The first kappa shape index (κ1) is 7.75. The van der Waals surface area contributed by atoms with Crippen LogP contribution in [0.3, 0.4) is 0 Å². The fraction of sp³-hybridized carbons (Fsp3) is 0.667. The van der Waals surface area contributed by atoms with E-state index in [1.54, 1.807) is 0 Å². The van der Waals surface area contributed by atoms with Gasteiger partial charge in [-0.05, 0) is 16.0 Å². The van der Waals surface area contributed by atoms with E-state index in [9.17, 15) is 4.79 Å². The Hall–Kier alpha value is -0.350. The molecule has 0 bridgehead atoms.